The average Bonchev–Trinajstić information content (AvgIpc) is 3.03. The number of alkyl halides is 2. The third-order valence-corrected chi connectivity index (χ3v) is 3.75. The molecule has 23 heavy (non-hydrogen) atoms. The highest BCUT2D eigenvalue weighted by atomic mass is 35.5. The van der Waals surface area contributed by atoms with Crippen LogP contribution < -0.4 is 0 Å². The molecule has 6 nitrogen and oxygen atoms in total. The van der Waals surface area contributed by atoms with Crippen molar-refractivity contribution in [2.24, 2.45) is 0 Å². The van der Waals surface area contributed by atoms with Crippen LogP contribution in [0.1, 0.15) is 30.4 Å². The van der Waals surface area contributed by atoms with Crippen LogP contribution >= 0.6 is 11.6 Å². The molecule has 0 bridgehead atoms. The number of hydrogen-bond acceptors (Lipinski definition) is 3. The SMILES string of the molecule is CCn1cc(Cl)c(CN(C)C(=O)Cn2nc(C(F)F)cc2C)n1. The van der Waals surface area contributed by atoms with E-state index >= 15 is 0 Å². The Morgan fingerprint density at radius 3 is 2.65 bits per heavy atom. The largest absolute Gasteiger partial charge is 0.338 e. The van der Waals surface area contributed by atoms with Crippen molar-refractivity contribution in [3.05, 3.63) is 34.4 Å². The molecule has 126 valence electrons. The van der Waals surface area contributed by atoms with Gasteiger partial charge < -0.3 is 4.90 Å². The van der Waals surface area contributed by atoms with Crippen molar-refractivity contribution in [2.75, 3.05) is 7.05 Å². The monoisotopic (exact) mass is 345 g/mol. The van der Waals surface area contributed by atoms with E-state index < -0.39 is 6.43 Å². The van der Waals surface area contributed by atoms with Gasteiger partial charge in [0.25, 0.3) is 6.43 Å². The molecule has 0 fully saturated rings. The fourth-order valence-corrected chi connectivity index (χ4v) is 2.28. The van der Waals surface area contributed by atoms with Crippen molar-refractivity contribution in [3.8, 4) is 0 Å². The predicted octanol–water partition coefficient (Wildman–Crippen LogP) is 2.66. The van der Waals surface area contributed by atoms with Crippen LogP contribution in [0.4, 0.5) is 8.78 Å². The number of amides is 1. The molecule has 1 amide bonds. The topological polar surface area (TPSA) is 56.0 Å². The lowest BCUT2D eigenvalue weighted by molar-refractivity contribution is -0.131. The van der Waals surface area contributed by atoms with Crippen molar-refractivity contribution in [1.82, 2.24) is 24.5 Å². The third kappa shape index (κ3) is 4.07. The lowest BCUT2D eigenvalue weighted by Gasteiger charge is -2.16. The molecule has 0 aliphatic carbocycles. The van der Waals surface area contributed by atoms with Gasteiger partial charge in [-0.25, -0.2) is 8.78 Å². The molecule has 2 aromatic heterocycles. The average molecular weight is 346 g/mol. The molecule has 0 aromatic carbocycles. The summed E-state index contributed by atoms with van der Waals surface area (Å²) in [5, 5.41) is 8.51. The van der Waals surface area contributed by atoms with E-state index in [1.165, 1.54) is 15.6 Å². The van der Waals surface area contributed by atoms with Crippen LogP contribution in [0.2, 0.25) is 5.02 Å². The maximum atomic E-state index is 12.6. The highest BCUT2D eigenvalue weighted by molar-refractivity contribution is 6.31. The van der Waals surface area contributed by atoms with Gasteiger partial charge in [0.1, 0.15) is 17.9 Å². The van der Waals surface area contributed by atoms with Crippen molar-refractivity contribution in [2.45, 2.75) is 39.9 Å². The van der Waals surface area contributed by atoms with Crippen molar-refractivity contribution in [1.29, 1.82) is 0 Å². The van der Waals surface area contributed by atoms with Gasteiger partial charge in [0.2, 0.25) is 5.91 Å². The molecule has 0 atom stereocenters. The highest BCUT2D eigenvalue weighted by Crippen LogP contribution is 2.18. The van der Waals surface area contributed by atoms with Gasteiger partial charge in [0.05, 0.1) is 11.6 Å². The number of aryl methyl sites for hydroxylation is 2. The van der Waals surface area contributed by atoms with Gasteiger partial charge >= 0.3 is 0 Å². The van der Waals surface area contributed by atoms with E-state index in [0.717, 1.165) is 0 Å². The Kier molecular flexibility index (Phi) is 5.35. The molecule has 0 radical (unpaired) electrons. The van der Waals surface area contributed by atoms with Gasteiger partial charge in [-0.1, -0.05) is 11.6 Å². The summed E-state index contributed by atoms with van der Waals surface area (Å²) in [6.07, 6.45) is -0.957. The molecule has 9 heteroatoms. The number of hydrogen-bond donors (Lipinski definition) is 0. The number of carbonyl (C=O) groups excluding carboxylic acids is 1. The molecule has 0 N–H and O–H groups in total. The quantitative estimate of drug-likeness (QED) is 0.808. The van der Waals surface area contributed by atoms with Gasteiger partial charge in [-0.2, -0.15) is 10.2 Å². The molecular weight excluding hydrogens is 328 g/mol. The zero-order valence-corrected chi connectivity index (χ0v) is 13.9. The fourth-order valence-electron chi connectivity index (χ4n) is 2.07. The maximum Gasteiger partial charge on any atom is 0.282 e. The molecule has 0 spiro atoms. The van der Waals surface area contributed by atoms with Gasteiger partial charge in [0, 0.05) is 25.5 Å². The molecule has 0 aliphatic heterocycles. The summed E-state index contributed by atoms with van der Waals surface area (Å²) >= 11 is 6.07. The molecule has 2 aromatic rings. The van der Waals surface area contributed by atoms with E-state index in [-0.39, 0.29) is 24.7 Å². The third-order valence-electron chi connectivity index (χ3n) is 3.43. The number of halogens is 3. The molecular formula is C14H18ClF2N5O. The lowest BCUT2D eigenvalue weighted by Crippen LogP contribution is -2.30. The number of aromatic nitrogens is 4. The first-order valence-electron chi connectivity index (χ1n) is 7.10. The lowest BCUT2D eigenvalue weighted by atomic mass is 10.3. The Morgan fingerprint density at radius 1 is 1.43 bits per heavy atom. The second-order valence-corrected chi connectivity index (χ2v) is 5.61. The van der Waals surface area contributed by atoms with Crippen LogP contribution in [0.5, 0.6) is 0 Å². The Bertz CT molecular complexity index is 697. The van der Waals surface area contributed by atoms with E-state index in [1.807, 2.05) is 6.92 Å². The van der Waals surface area contributed by atoms with Crippen LogP contribution in [0.3, 0.4) is 0 Å². The Labute approximate surface area is 137 Å². The molecule has 0 saturated heterocycles. The Balaban J connectivity index is 2.03. The van der Waals surface area contributed by atoms with Crippen molar-refractivity contribution < 1.29 is 13.6 Å². The van der Waals surface area contributed by atoms with E-state index in [0.29, 0.717) is 23.0 Å². The summed E-state index contributed by atoms with van der Waals surface area (Å²) in [5.41, 5.74) is 0.771. The minimum atomic E-state index is -2.65. The van der Waals surface area contributed by atoms with Gasteiger partial charge in [-0.3, -0.25) is 14.2 Å². The van der Waals surface area contributed by atoms with Crippen molar-refractivity contribution in [3.63, 3.8) is 0 Å². The summed E-state index contributed by atoms with van der Waals surface area (Å²) in [6.45, 7) is 4.38. The minimum Gasteiger partial charge on any atom is -0.338 e. The maximum absolute atomic E-state index is 12.6. The first-order chi connectivity index (χ1) is 10.8. The Hall–Kier alpha value is -1.96. The normalized spacial score (nSPS) is 11.3. The van der Waals surface area contributed by atoms with Crippen LogP contribution in [0.15, 0.2) is 12.3 Å². The molecule has 0 aliphatic rings. The fraction of sp³-hybridized carbons (Fsp3) is 0.500. The smallest absolute Gasteiger partial charge is 0.282 e. The van der Waals surface area contributed by atoms with Crippen LogP contribution in [-0.4, -0.2) is 37.4 Å². The standard InChI is InChI=1S/C14H18ClF2N5O/c1-4-21-6-10(15)12(18-21)7-20(3)13(23)8-22-9(2)5-11(19-22)14(16)17/h5-6,14H,4,7-8H2,1-3H3. The van der Waals surface area contributed by atoms with E-state index in [4.69, 9.17) is 11.6 Å². The van der Waals surface area contributed by atoms with E-state index in [9.17, 15) is 13.6 Å². The molecule has 0 saturated carbocycles. The zero-order valence-electron chi connectivity index (χ0n) is 13.1. The van der Waals surface area contributed by atoms with Crippen LogP contribution in [0.25, 0.3) is 0 Å². The Morgan fingerprint density at radius 2 is 2.13 bits per heavy atom. The van der Waals surface area contributed by atoms with Crippen LogP contribution in [-0.2, 0) is 24.4 Å². The summed E-state index contributed by atoms with van der Waals surface area (Å²) in [5.74, 6) is -0.265. The highest BCUT2D eigenvalue weighted by Gasteiger charge is 2.18. The van der Waals surface area contributed by atoms with E-state index in [1.54, 1.807) is 24.9 Å². The number of rotatable bonds is 6. The number of likely N-dealkylation sites (N-methyl/N-ethyl adjacent to an activating group) is 1. The summed E-state index contributed by atoms with van der Waals surface area (Å²) < 4.78 is 28.2. The second kappa shape index (κ2) is 7.08. The summed E-state index contributed by atoms with van der Waals surface area (Å²) in [6, 6.07) is 1.28. The summed E-state index contributed by atoms with van der Waals surface area (Å²) in [7, 11) is 1.61. The molecule has 0 unspecified atom stereocenters. The minimum absolute atomic E-state index is 0.110. The zero-order chi connectivity index (χ0) is 17.1. The van der Waals surface area contributed by atoms with Gasteiger partial charge in [-0.05, 0) is 19.9 Å². The number of carbonyl (C=O) groups is 1. The first-order valence-corrected chi connectivity index (χ1v) is 7.47. The van der Waals surface area contributed by atoms with E-state index in [2.05, 4.69) is 10.2 Å². The van der Waals surface area contributed by atoms with Gasteiger partial charge in [-0.15, -0.1) is 0 Å². The first kappa shape index (κ1) is 17.4. The number of nitrogens with zero attached hydrogens (tertiary/aromatic N) is 5. The molecule has 2 heterocycles. The van der Waals surface area contributed by atoms with Crippen LogP contribution in [0, 0.1) is 6.92 Å². The van der Waals surface area contributed by atoms with Crippen molar-refractivity contribution >= 4 is 17.5 Å². The second-order valence-electron chi connectivity index (χ2n) is 5.20. The molecule has 2 rings (SSSR count). The summed E-state index contributed by atoms with van der Waals surface area (Å²) in [4.78, 5) is 13.7. The predicted molar refractivity (Wildman–Crippen MR) is 81.3 cm³/mol. The van der Waals surface area contributed by atoms with Gasteiger partial charge in [0.15, 0.2) is 0 Å².